The van der Waals surface area contributed by atoms with E-state index in [9.17, 15) is 0 Å². The minimum absolute atomic E-state index is 0.428. The number of anilines is 3. The van der Waals surface area contributed by atoms with Crippen LogP contribution in [0.4, 0.5) is 17.1 Å². The first-order valence-corrected chi connectivity index (χ1v) is 6.80. The Morgan fingerprint density at radius 1 is 0.950 bits per heavy atom. The molecule has 1 heterocycles. The van der Waals surface area contributed by atoms with Gasteiger partial charge < -0.3 is 20.5 Å². The third kappa shape index (κ3) is 2.57. The first-order chi connectivity index (χ1) is 9.63. The molecule has 0 saturated carbocycles. The lowest BCUT2D eigenvalue weighted by molar-refractivity contribution is 0.171. The quantitative estimate of drug-likeness (QED) is 0.820. The Bertz CT molecular complexity index is 662. The highest BCUT2D eigenvalue weighted by Crippen LogP contribution is 2.36. The lowest BCUT2D eigenvalue weighted by Gasteiger charge is -2.19. The maximum absolute atomic E-state index is 6.00. The van der Waals surface area contributed by atoms with E-state index in [0.717, 1.165) is 11.4 Å². The Morgan fingerprint density at radius 2 is 1.65 bits per heavy atom. The van der Waals surface area contributed by atoms with Crippen LogP contribution in [0.1, 0.15) is 0 Å². The molecule has 0 fully saturated rings. The molecule has 3 N–H and O–H groups in total. The van der Waals surface area contributed by atoms with Gasteiger partial charge in [0.25, 0.3) is 0 Å². The Labute approximate surface area is 126 Å². The van der Waals surface area contributed by atoms with E-state index in [1.165, 1.54) is 0 Å². The monoisotopic (exact) mass is 310 g/mol. The van der Waals surface area contributed by atoms with Crippen LogP contribution < -0.4 is 20.5 Å². The fourth-order valence-electron chi connectivity index (χ4n) is 1.95. The number of halogens is 2. The molecule has 6 heteroatoms. The van der Waals surface area contributed by atoms with Gasteiger partial charge in [-0.1, -0.05) is 23.2 Å². The number of rotatable bonds is 2. The first-order valence-electron chi connectivity index (χ1n) is 6.04. The highest BCUT2D eigenvalue weighted by Gasteiger charge is 2.12. The molecule has 104 valence electrons. The molecule has 2 aromatic carbocycles. The third-order valence-electron chi connectivity index (χ3n) is 2.91. The molecule has 0 bridgehead atoms. The maximum Gasteiger partial charge on any atom is 0.163 e. The van der Waals surface area contributed by atoms with Gasteiger partial charge in [0.2, 0.25) is 0 Å². The molecular formula is C14H12Cl2N2O2. The van der Waals surface area contributed by atoms with Crippen molar-refractivity contribution in [3.8, 4) is 11.5 Å². The van der Waals surface area contributed by atoms with Crippen LogP contribution in [0.2, 0.25) is 10.0 Å². The number of nitrogens with one attached hydrogen (secondary N) is 1. The van der Waals surface area contributed by atoms with E-state index in [2.05, 4.69) is 5.32 Å². The van der Waals surface area contributed by atoms with Crippen molar-refractivity contribution in [2.75, 3.05) is 24.3 Å². The van der Waals surface area contributed by atoms with Crippen LogP contribution in [0.5, 0.6) is 11.5 Å². The van der Waals surface area contributed by atoms with E-state index < -0.39 is 0 Å². The maximum atomic E-state index is 6.00. The van der Waals surface area contributed by atoms with E-state index in [0.29, 0.717) is 40.4 Å². The molecule has 0 aliphatic carbocycles. The van der Waals surface area contributed by atoms with E-state index >= 15 is 0 Å². The summed E-state index contributed by atoms with van der Waals surface area (Å²) in [6.45, 7) is 1.12. The van der Waals surface area contributed by atoms with E-state index in [4.69, 9.17) is 38.4 Å². The number of fused-ring (bicyclic) bond motifs is 1. The summed E-state index contributed by atoms with van der Waals surface area (Å²) in [6.07, 6.45) is 0. The predicted octanol–water partition coefficient (Wildman–Crippen LogP) is 4.09. The largest absolute Gasteiger partial charge is 0.486 e. The van der Waals surface area contributed by atoms with Crippen molar-refractivity contribution in [3.63, 3.8) is 0 Å². The van der Waals surface area contributed by atoms with Crippen LogP contribution >= 0.6 is 23.2 Å². The lowest BCUT2D eigenvalue weighted by atomic mass is 10.2. The SMILES string of the molecule is Nc1cc(Cl)c(Cl)cc1Nc1ccc2c(c1)OCCO2. The van der Waals surface area contributed by atoms with Crippen molar-refractivity contribution >= 4 is 40.3 Å². The predicted molar refractivity (Wildman–Crippen MR) is 81.6 cm³/mol. The van der Waals surface area contributed by atoms with E-state index in [1.807, 2.05) is 18.2 Å². The summed E-state index contributed by atoms with van der Waals surface area (Å²) in [5.74, 6) is 1.45. The molecule has 1 aliphatic rings. The minimum Gasteiger partial charge on any atom is -0.486 e. The molecule has 0 atom stereocenters. The van der Waals surface area contributed by atoms with Gasteiger partial charge in [-0.2, -0.15) is 0 Å². The molecule has 0 spiro atoms. The van der Waals surface area contributed by atoms with E-state index in [-0.39, 0.29) is 0 Å². The molecule has 20 heavy (non-hydrogen) atoms. The van der Waals surface area contributed by atoms with Crippen LogP contribution in [0.3, 0.4) is 0 Å². The van der Waals surface area contributed by atoms with Crippen molar-refractivity contribution in [1.82, 2.24) is 0 Å². The highest BCUT2D eigenvalue weighted by molar-refractivity contribution is 6.42. The van der Waals surface area contributed by atoms with Gasteiger partial charge in [0, 0.05) is 11.8 Å². The first kappa shape index (κ1) is 13.2. The highest BCUT2D eigenvalue weighted by atomic mass is 35.5. The third-order valence-corrected chi connectivity index (χ3v) is 3.64. The standard InChI is InChI=1S/C14H12Cl2N2O2/c15-9-6-11(17)12(7-10(9)16)18-8-1-2-13-14(5-8)20-4-3-19-13/h1-2,5-7,18H,3-4,17H2. The van der Waals surface area contributed by atoms with Crippen LogP contribution in [-0.2, 0) is 0 Å². The van der Waals surface area contributed by atoms with Crippen molar-refractivity contribution in [1.29, 1.82) is 0 Å². The van der Waals surface area contributed by atoms with Crippen molar-refractivity contribution in [3.05, 3.63) is 40.4 Å². The Morgan fingerprint density at radius 3 is 2.45 bits per heavy atom. The number of ether oxygens (including phenoxy) is 2. The van der Waals surface area contributed by atoms with Gasteiger partial charge >= 0.3 is 0 Å². The minimum atomic E-state index is 0.428. The van der Waals surface area contributed by atoms with Crippen LogP contribution in [0.25, 0.3) is 0 Å². The summed E-state index contributed by atoms with van der Waals surface area (Å²) >= 11 is 11.9. The number of nitrogens with two attached hydrogens (primary N) is 1. The van der Waals surface area contributed by atoms with Crippen molar-refractivity contribution < 1.29 is 9.47 Å². The van der Waals surface area contributed by atoms with Gasteiger partial charge in [0.05, 0.1) is 21.4 Å². The summed E-state index contributed by atoms with van der Waals surface area (Å²) in [7, 11) is 0. The van der Waals surface area contributed by atoms with Crippen LogP contribution in [-0.4, -0.2) is 13.2 Å². The fourth-order valence-corrected chi connectivity index (χ4v) is 2.28. The molecule has 0 unspecified atom stereocenters. The van der Waals surface area contributed by atoms with Gasteiger partial charge in [0.15, 0.2) is 11.5 Å². The Balaban J connectivity index is 1.89. The molecule has 4 nitrogen and oxygen atoms in total. The average Bonchev–Trinajstić information content (AvgIpc) is 2.44. The zero-order valence-electron chi connectivity index (χ0n) is 10.5. The molecule has 0 aromatic heterocycles. The topological polar surface area (TPSA) is 56.5 Å². The molecule has 3 rings (SSSR count). The summed E-state index contributed by atoms with van der Waals surface area (Å²) in [4.78, 5) is 0. The van der Waals surface area contributed by atoms with Crippen LogP contribution in [0, 0.1) is 0 Å². The number of benzene rings is 2. The number of hydrogen-bond donors (Lipinski definition) is 2. The molecule has 0 radical (unpaired) electrons. The smallest absolute Gasteiger partial charge is 0.163 e. The van der Waals surface area contributed by atoms with Gasteiger partial charge in [0.1, 0.15) is 13.2 Å². The van der Waals surface area contributed by atoms with Gasteiger partial charge in [-0.05, 0) is 24.3 Å². The fraction of sp³-hybridized carbons (Fsp3) is 0.143. The van der Waals surface area contributed by atoms with Gasteiger partial charge in [-0.3, -0.25) is 0 Å². The summed E-state index contributed by atoms with van der Waals surface area (Å²) in [6, 6.07) is 8.90. The molecular weight excluding hydrogens is 299 g/mol. The summed E-state index contributed by atoms with van der Waals surface area (Å²) in [5, 5.41) is 4.06. The summed E-state index contributed by atoms with van der Waals surface area (Å²) in [5.41, 5.74) is 7.96. The second kappa shape index (κ2) is 5.31. The molecule has 2 aromatic rings. The zero-order valence-corrected chi connectivity index (χ0v) is 12.0. The van der Waals surface area contributed by atoms with Gasteiger partial charge in [-0.15, -0.1) is 0 Å². The second-order valence-corrected chi connectivity index (χ2v) is 5.15. The molecule has 0 saturated heterocycles. The average molecular weight is 311 g/mol. The number of hydrogen-bond acceptors (Lipinski definition) is 4. The molecule has 0 amide bonds. The van der Waals surface area contributed by atoms with Crippen molar-refractivity contribution in [2.24, 2.45) is 0 Å². The Kier molecular flexibility index (Phi) is 3.51. The normalized spacial score (nSPS) is 13.1. The zero-order chi connectivity index (χ0) is 14.1. The van der Waals surface area contributed by atoms with Crippen LogP contribution in [0.15, 0.2) is 30.3 Å². The number of nitrogen functional groups attached to an aromatic ring is 1. The Hall–Kier alpha value is -1.78. The molecule has 1 aliphatic heterocycles. The summed E-state index contributed by atoms with van der Waals surface area (Å²) < 4.78 is 11.0. The van der Waals surface area contributed by atoms with Crippen molar-refractivity contribution in [2.45, 2.75) is 0 Å². The second-order valence-electron chi connectivity index (χ2n) is 4.34. The van der Waals surface area contributed by atoms with E-state index in [1.54, 1.807) is 12.1 Å². The lowest BCUT2D eigenvalue weighted by Crippen LogP contribution is -2.15. The van der Waals surface area contributed by atoms with Gasteiger partial charge in [-0.25, -0.2) is 0 Å².